The number of nitrogens with one attached hydrogen (secondary N) is 1. The number of rotatable bonds is 2. The first-order chi connectivity index (χ1) is 8.38. The van der Waals surface area contributed by atoms with Crippen LogP contribution in [0.3, 0.4) is 0 Å². The van der Waals surface area contributed by atoms with Gasteiger partial charge in [0, 0.05) is 22.7 Å². The summed E-state index contributed by atoms with van der Waals surface area (Å²) in [7, 11) is 1.69. The minimum absolute atomic E-state index is 0.882. The van der Waals surface area contributed by atoms with E-state index >= 15 is 0 Å². The Kier molecular flexibility index (Phi) is 2.33. The summed E-state index contributed by atoms with van der Waals surface area (Å²) in [6.45, 7) is 0. The van der Waals surface area contributed by atoms with Gasteiger partial charge >= 0.3 is 0 Å². The van der Waals surface area contributed by atoms with Gasteiger partial charge in [-0.1, -0.05) is 30.3 Å². The summed E-state index contributed by atoms with van der Waals surface area (Å²) in [5.41, 5.74) is 3.53. The summed E-state index contributed by atoms with van der Waals surface area (Å²) in [6, 6.07) is 16.4. The molecule has 1 heterocycles. The van der Waals surface area contributed by atoms with E-state index in [1.165, 1.54) is 16.5 Å². The van der Waals surface area contributed by atoms with E-state index in [0.29, 0.717) is 0 Å². The van der Waals surface area contributed by atoms with Crippen LogP contribution in [0.5, 0.6) is 5.75 Å². The molecule has 2 aromatic carbocycles. The largest absolute Gasteiger partial charge is 0.497 e. The van der Waals surface area contributed by atoms with Crippen LogP contribution in [-0.4, -0.2) is 12.1 Å². The monoisotopic (exact) mass is 223 g/mol. The Morgan fingerprint density at radius 2 is 1.88 bits per heavy atom. The Labute approximate surface area is 99.9 Å². The van der Waals surface area contributed by atoms with E-state index in [4.69, 9.17) is 4.74 Å². The van der Waals surface area contributed by atoms with Gasteiger partial charge in [0.25, 0.3) is 0 Å². The fourth-order valence-corrected chi connectivity index (χ4v) is 2.10. The molecule has 0 bridgehead atoms. The van der Waals surface area contributed by atoms with Gasteiger partial charge in [-0.05, 0) is 23.8 Å². The molecule has 0 unspecified atom stereocenters. The second kappa shape index (κ2) is 3.98. The molecule has 3 rings (SSSR count). The molecule has 17 heavy (non-hydrogen) atoms. The standard InChI is InChI=1S/C15H13NO/c1-17-12-6-4-5-11(9-12)14-10-16-15-8-3-2-7-13(14)15/h2-10,16H,1H3. The molecular formula is C15H13NO. The molecule has 0 saturated carbocycles. The van der Waals surface area contributed by atoms with Crippen molar-refractivity contribution < 1.29 is 4.74 Å². The molecule has 0 saturated heterocycles. The molecule has 0 aliphatic rings. The molecule has 1 aromatic heterocycles. The summed E-state index contributed by atoms with van der Waals surface area (Å²) in [4.78, 5) is 3.28. The number of hydrogen-bond acceptors (Lipinski definition) is 1. The third-order valence-electron chi connectivity index (χ3n) is 2.97. The molecule has 3 aromatic rings. The van der Waals surface area contributed by atoms with Gasteiger partial charge in [-0.2, -0.15) is 0 Å². The topological polar surface area (TPSA) is 25.0 Å². The van der Waals surface area contributed by atoms with Gasteiger partial charge in [-0.15, -0.1) is 0 Å². The number of aromatic nitrogens is 1. The molecule has 0 atom stereocenters. The van der Waals surface area contributed by atoms with Gasteiger partial charge in [0.2, 0.25) is 0 Å². The lowest BCUT2D eigenvalue weighted by Crippen LogP contribution is -1.82. The molecule has 0 aliphatic heterocycles. The lowest BCUT2D eigenvalue weighted by atomic mass is 10.0. The molecule has 2 nitrogen and oxygen atoms in total. The van der Waals surface area contributed by atoms with Gasteiger partial charge in [0.05, 0.1) is 7.11 Å². The molecule has 2 heteroatoms. The highest BCUT2D eigenvalue weighted by Crippen LogP contribution is 2.30. The van der Waals surface area contributed by atoms with Crippen LogP contribution in [0.2, 0.25) is 0 Å². The SMILES string of the molecule is COc1cccc(-c2c[nH]c3ccccc23)c1. The lowest BCUT2D eigenvalue weighted by molar-refractivity contribution is 0.415. The third kappa shape index (κ3) is 1.68. The number of hydrogen-bond donors (Lipinski definition) is 1. The number of para-hydroxylation sites is 1. The Morgan fingerprint density at radius 1 is 1.00 bits per heavy atom. The highest BCUT2D eigenvalue weighted by molar-refractivity contribution is 5.95. The first-order valence-electron chi connectivity index (χ1n) is 5.59. The average Bonchev–Trinajstić information content (AvgIpc) is 2.82. The number of benzene rings is 2. The van der Waals surface area contributed by atoms with Crippen LogP contribution in [0, 0.1) is 0 Å². The van der Waals surface area contributed by atoms with Gasteiger partial charge < -0.3 is 9.72 Å². The Hall–Kier alpha value is -2.22. The zero-order valence-corrected chi connectivity index (χ0v) is 9.60. The van der Waals surface area contributed by atoms with Crippen molar-refractivity contribution in [1.82, 2.24) is 4.98 Å². The molecule has 1 N–H and O–H groups in total. The first kappa shape index (κ1) is 9.97. The Bertz CT molecular complexity index is 655. The van der Waals surface area contributed by atoms with Crippen molar-refractivity contribution in [3.63, 3.8) is 0 Å². The van der Waals surface area contributed by atoms with Crippen molar-refractivity contribution in [2.24, 2.45) is 0 Å². The summed E-state index contributed by atoms with van der Waals surface area (Å²) < 4.78 is 5.25. The van der Waals surface area contributed by atoms with Gasteiger partial charge in [0.15, 0.2) is 0 Å². The molecule has 0 spiro atoms. The number of H-pyrrole nitrogens is 1. The first-order valence-corrected chi connectivity index (χ1v) is 5.59. The molecule has 0 fully saturated rings. The zero-order chi connectivity index (χ0) is 11.7. The smallest absolute Gasteiger partial charge is 0.119 e. The van der Waals surface area contributed by atoms with E-state index in [9.17, 15) is 0 Å². The van der Waals surface area contributed by atoms with Crippen LogP contribution in [0.4, 0.5) is 0 Å². The Morgan fingerprint density at radius 3 is 2.76 bits per heavy atom. The number of methoxy groups -OCH3 is 1. The van der Waals surface area contributed by atoms with Gasteiger partial charge in [-0.25, -0.2) is 0 Å². The molecule has 0 radical (unpaired) electrons. The van der Waals surface area contributed by atoms with Crippen LogP contribution >= 0.6 is 0 Å². The number of aromatic amines is 1. The van der Waals surface area contributed by atoms with Crippen LogP contribution in [-0.2, 0) is 0 Å². The third-order valence-corrected chi connectivity index (χ3v) is 2.97. The van der Waals surface area contributed by atoms with E-state index in [1.54, 1.807) is 7.11 Å². The second-order valence-electron chi connectivity index (χ2n) is 3.98. The maximum atomic E-state index is 5.25. The summed E-state index contributed by atoms with van der Waals surface area (Å²) in [5, 5.41) is 1.24. The van der Waals surface area contributed by atoms with E-state index in [0.717, 1.165) is 11.3 Å². The van der Waals surface area contributed by atoms with Crippen LogP contribution in [0.15, 0.2) is 54.7 Å². The minimum Gasteiger partial charge on any atom is -0.497 e. The summed E-state index contributed by atoms with van der Waals surface area (Å²) in [5.74, 6) is 0.882. The second-order valence-corrected chi connectivity index (χ2v) is 3.98. The van der Waals surface area contributed by atoms with Crippen molar-refractivity contribution in [1.29, 1.82) is 0 Å². The molecule has 0 aliphatic carbocycles. The molecule has 84 valence electrons. The zero-order valence-electron chi connectivity index (χ0n) is 9.60. The fourth-order valence-electron chi connectivity index (χ4n) is 2.10. The fraction of sp³-hybridized carbons (Fsp3) is 0.0667. The minimum atomic E-state index is 0.882. The summed E-state index contributed by atoms with van der Waals surface area (Å²) >= 11 is 0. The van der Waals surface area contributed by atoms with E-state index in [-0.39, 0.29) is 0 Å². The van der Waals surface area contributed by atoms with Crippen molar-refractivity contribution >= 4 is 10.9 Å². The van der Waals surface area contributed by atoms with Crippen LogP contribution in [0.25, 0.3) is 22.0 Å². The van der Waals surface area contributed by atoms with Crippen molar-refractivity contribution in [3.8, 4) is 16.9 Å². The Balaban J connectivity index is 2.20. The van der Waals surface area contributed by atoms with Gasteiger partial charge in [0.1, 0.15) is 5.75 Å². The van der Waals surface area contributed by atoms with E-state index < -0.39 is 0 Å². The lowest BCUT2D eigenvalue weighted by Gasteiger charge is -2.03. The highest BCUT2D eigenvalue weighted by atomic mass is 16.5. The number of fused-ring (bicyclic) bond motifs is 1. The molecular weight excluding hydrogens is 210 g/mol. The molecule has 0 amide bonds. The van der Waals surface area contributed by atoms with Crippen molar-refractivity contribution in [2.75, 3.05) is 7.11 Å². The predicted octanol–water partition coefficient (Wildman–Crippen LogP) is 3.84. The quantitative estimate of drug-likeness (QED) is 0.701. The summed E-state index contributed by atoms with van der Waals surface area (Å²) in [6.07, 6.45) is 2.04. The van der Waals surface area contributed by atoms with E-state index in [1.807, 2.05) is 24.4 Å². The maximum Gasteiger partial charge on any atom is 0.119 e. The van der Waals surface area contributed by atoms with E-state index in [2.05, 4.69) is 35.3 Å². The predicted molar refractivity (Wildman–Crippen MR) is 70.3 cm³/mol. The number of ether oxygens (including phenoxy) is 1. The normalized spacial score (nSPS) is 10.6. The van der Waals surface area contributed by atoms with Crippen LogP contribution < -0.4 is 4.74 Å². The highest BCUT2D eigenvalue weighted by Gasteiger charge is 2.05. The van der Waals surface area contributed by atoms with Crippen molar-refractivity contribution in [2.45, 2.75) is 0 Å². The van der Waals surface area contributed by atoms with Crippen molar-refractivity contribution in [3.05, 3.63) is 54.7 Å². The maximum absolute atomic E-state index is 5.25. The van der Waals surface area contributed by atoms with Crippen LogP contribution in [0.1, 0.15) is 0 Å². The average molecular weight is 223 g/mol. The van der Waals surface area contributed by atoms with Gasteiger partial charge in [-0.3, -0.25) is 0 Å².